The summed E-state index contributed by atoms with van der Waals surface area (Å²) in [5.41, 5.74) is 0.677. The van der Waals surface area contributed by atoms with Gasteiger partial charge in [0.15, 0.2) is 9.84 Å². The zero-order valence-corrected chi connectivity index (χ0v) is 13.2. The van der Waals surface area contributed by atoms with Crippen LogP contribution in [0, 0.1) is 0 Å². The maximum Gasteiger partial charge on any atom is 0.323 e. The van der Waals surface area contributed by atoms with Gasteiger partial charge in [0.25, 0.3) is 0 Å². The summed E-state index contributed by atoms with van der Waals surface area (Å²) in [5, 5.41) is 8.87. The number of carboxylic acids is 1. The Morgan fingerprint density at radius 2 is 1.82 bits per heavy atom. The van der Waals surface area contributed by atoms with E-state index in [1.807, 2.05) is 0 Å². The Labute approximate surface area is 129 Å². The minimum atomic E-state index is -3.25. The van der Waals surface area contributed by atoms with E-state index in [1.54, 1.807) is 19.1 Å². The molecule has 0 spiro atoms. The number of benzene rings is 1. The maximum atomic E-state index is 12.2. The summed E-state index contributed by atoms with van der Waals surface area (Å²) in [6.45, 7) is 1.29. The first kappa shape index (κ1) is 16.5. The van der Waals surface area contributed by atoms with Crippen LogP contribution in [0.25, 0.3) is 0 Å². The van der Waals surface area contributed by atoms with Gasteiger partial charge < -0.3 is 10.0 Å². The second kappa shape index (κ2) is 6.48. The molecule has 1 saturated carbocycles. The highest BCUT2D eigenvalue weighted by Crippen LogP contribution is 2.27. The van der Waals surface area contributed by atoms with Gasteiger partial charge in [-0.15, -0.1) is 0 Å². The minimum Gasteiger partial charge on any atom is -0.480 e. The summed E-state index contributed by atoms with van der Waals surface area (Å²) >= 11 is 0. The zero-order chi connectivity index (χ0) is 16.3. The SMILES string of the molecule is CCS(=O)(=O)c1ccc(CC(=O)N(CC(=O)O)C2CC2)cc1. The van der Waals surface area contributed by atoms with Gasteiger partial charge in [-0.25, -0.2) is 8.42 Å². The Bertz CT molecular complexity index is 662. The average Bonchev–Trinajstić information content (AvgIpc) is 3.29. The summed E-state index contributed by atoms with van der Waals surface area (Å²) in [4.78, 5) is 24.7. The molecule has 2 rings (SSSR count). The van der Waals surface area contributed by atoms with Gasteiger partial charge in [0.2, 0.25) is 5.91 Å². The van der Waals surface area contributed by atoms with Gasteiger partial charge in [-0.05, 0) is 30.5 Å². The van der Waals surface area contributed by atoms with E-state index < -0.39 is 15.8 Å². The summed E-state index contributed by atoms with van der Waals surface area (Å²) in [6, 6.07) is 6.21. The Morgan fingerprint density at radius 3 is 2.27 bits per heavy atom. The fourth-order valence-electron chi connectivity index (χ4n) is 2.21. The molecule has 1 aromatic carbocycles. The standard InChI is InChI=1S/C15H19NO5S/c1-2-22(20,21)13-7-3-11(4-8-13)9-14(17)16(10-15(18)19)12-5-6-12/h3-4,7-8,12H,2,5-6,9-10H2,1H3,(H,18,19). The predicted octanol–water partition coefficient (Wildman–Crippen LogP) is 1.10. The Hall–Kier alpha value is -1.89. The van der Waals surface area contributed by atoms with E-state index in [9.17, 15) is 18.0 Å². The highest BCUT2D eigenvalue weighted by Gasteiger charge is 2.33. The van der Waals surface area contributed by atoms with Gasteiger partial charge in [0.05, 0.1) is 17.1 Å². The number of sulfone groups is 1. The van der Waals surface area contributed by atoms with Crippen LogP contribution < -0.4 is 0 Å². The molecule has 1 aliphatic rings. The van der Waals surface area contributed by atoms with E-state index in [0.29, 0.717) is 5.56 Å². The number of carbonyl (C=O) groups is 2. The van der Waals surface area contributed by atoms with Crippen molar-refractivity contribution in [3.05, 3.63) is 29.8 Å². The predicted molar refractivity (Wildman–Crippen MR) is 80.2 cm³/mol. The molecule has 1 amide bonds. The largest absolute Gasteiger partial charge is 0.480 e. The molecule has 0 heterocycles. The maximum absolute atomic E-state index is 12.2. The number of amides is 1. The molecule has 0 aliphatic heterocycles. The summed E-state index contributed by atoms with van der Waals surface area (Å²) in [5.74, 6) is -1.24. The number of hydrogen-bond acceptors (Lipinski definition) is 4. The molecule has 6 nitrogen and oxygen atoms in total. The van der Waals surface area contributed by atoms with Crippen LogP contribution in [0.2, 0.25) is 0 Å². The molecule has 1 N–H and O–H groups in total. The van der Waals surface area contributed by atoms with Crippen molar-refractivity contribution in [2.45, 2.75) is 37.1 Å². The van der Waals surface area contributed by atoms with Crippen LogP contribution in [0.5, 0.6) is 0 Å². The quantitative estimate of drug-likeness (QED) is 0.810. The van der Waals surface area contributed by atoms with Crippen molar-refractivity contribution in [1.82, 2.24) is 4.90 Å². The molecule has 7 heteroatoms. The first-order chi connectivity index (χ1) is 10.3. The molecule has 0 bridgehead atoms. The summed E-state index contributed by atoms with van der Waals surface area (Å²) in [7, 11) is -3.25. The smallest absolute Gasteiger partial charge is 0.323 e. The monoisotopic (exact) mass is 325 g/mol. The Kier molecular flexibility index (Phi) is 4.85. The first-order valence-electron chi connectivity index (χ1n) is 7.16. The topological polar surface area (TPSA) is 91.8 Å². The van der Waals surface area contributed by atoms with Crippen molar-refractivity contribution in [1.29, 1.82) is 0 Å². The molecule has 0 unspecified atom stereocenters. The van der Waals surface area contributed by atoms with Crippen LogP contribution in [-0.2, 0) is 25.8 Å². The van der Waals surface area contributed by atoms with Gasteiger partial charge in [-0.3, -0.25) is 9.59 Å². The third-order valence-corrected chi connectivity index (χ3v) is 5.38. The molecule has 1 aliphatic carbocycles. The van der Waals surface area contributed by atoms with E-state index in [0.717, 1.165) is 12.8 Å². The molecular weight excluding hydrogens is 306 g/mol. The summed E-state index contributed by atoms with van der Waals surface area (Å²) in [6.07, 6.45) is 1.76. The second-order valence-corrected chi connectivity index (χ2v) is 7.65. The minimum absolute atomic E-state index is 0.0271. The van der Waals surface area contributed by atoms with E-state index in [-0.39, 0.29) is 35.6 Å². The van der Waals surface area contributed by atoms with Crippen LogP contribution in [0.1, 0.15) is 25.3 Å². The molecule has 0 aromatic heterocycles. The van der Waals surface area contributed by atoms with Crippen LogP contribution >= 0.6 is 0 Å². The second-order valence-electron chi connectivity index (χ2n) is 5.37. The fraction of sp³-hybridized carbons (Fsp3) is 0.467. The number of carboxylic acid groups (broad SMARTS) is 1. The highest BCUT2D eigenvalue weighted by molar-refractivity contribution is 7.91. The lowest BCUT2D eigenvalue weighted by Crippen LogP contribution is -2.38. The fourth-order valence-corrected chi connectivity index (χ4v) is 3.09. The van der Waals surface area contributed by atoms with E-state index in [1.165, 1.54) is 17.0 Å². The van der Waals surface area contributed by atoms with E-state index in [4.69, 9.17) is 5.11 Å². The van der Waals surface area contributed by atoms with Crippen LogP contribution in [0.3, 0.4) is 0 Å². The van der Waals surface area contributed by atoms with Crippen molar-refractivity contribution >= 4 is 21.7 Å². The van der Waals surface area contributed by atoms with Gasteiger partial charge in [-0.1, -0.05) is 19.1 Å². The molecule has 120 valence electrons. The number of rotatable bonds is 7. The van der Waals surface area contributed by atoms with Crippen molar-refractivity contribution in [2.24, 2.45) is 0 Å². The Morgan fingerprint density at radius 1 is 1.23 bits per heavy atom. The molecule has 0 atom stereocenters. The van der Waals surface area contributed by atoms with Crippen LogP contribution in [0.15, 0.2) is 29.2 Å². The van der Waals surface area contributed by atoms with E-state index >= 15 is 0 Å². The van der Waals surface area contributed by atoms with Gasteiger partial charge in [-0.2, -0.15) is 0 Å². The lowest BCUT2D eigenvalue weighted by Gasteiger charge is -2.20. The van der Waals surface area contributed by atoms with Gasteiger partial charge in [0.1, 0.15) is 6.54 Å². The van der Waals surface area contributed by atoms with E-state index in [2.05, 4.69) is 0 Å². The first-order valence-corrected chi connectivity index (χ1v) is 8.81. The molecular formula is C15H19NO5S. The van der Waals surface area contributed by atoms with Crippen molar-refractivity contribution in [3.8, 4) is 0 Å². The molecule has 1 fully saturated rings. The average molecular weight is 325 g/mol. The summed E-state index contributed by atoms with van der Waals surface area (Å²) < 4.78 is 23.4. The molecule has 1 aromatic rings. The molecule has 0 radical (unpaired) electrons. The lowest BCUT2D eigenvalue weighted by atomic mass is 10.1. The number of nitrogens with zero attached hydrogens (tertiary/aromatic N) is 1. The number of hydrogen-bond donors (Lipinski definition) is 1. The Balaban J connectivity index is 2.06. The van der Waals surface area contributed by atoms with Crippen LogP contribution in [-0.4, -0.2) is 48.6 Å². The third kappa shape index (κ3) is 4.07. The van der Waals surface area contributed by atoms with Crippen molar-refractivity contribution in [2.75, 3.05) is 12.3 Å². The highest BCUT2D eigenvalue weighted by atomic mass is 32.2. The lowest BCUT2D eigenvalue weighted by molar-refractivity contribution is -0.144. The van der Waals surface area contributed by atoms with Crippen molar-refractivity contribution in [3.63, 3.8) is 0 Å². The van der Waals surface area contributed by atoms with Crippen LogP contribution in [0.4, 0.5) is 0 Å². The molecule has 0 saturated heterocycles. The number of carbonyl (C=O) groups excluding carboxylic acids is 1. The normalized spacial score (nSPS) is 14.6. The number of aliphatic carboxylic acids is 1. The zero-order valence-electron chi connectivity index (χ0n) is 12.4. The third-order valence-electron chi connectivity index (χ3n) is 3.63. The van der Waals surface area contributed by atoms with Gasteiger partial charge >= 0.3 is 5.97 Å². The van der Waals surface area contributed by atoms with Gasteiger partial charge in [0, 0.05) is 6.04 Å². The molecule has 22 heavy (non-hydrogen) atoms. The van der Waals surface area contributed by atoms with Crippen molar-refractivity contribution < 1.29 is 23.1 Å².